The van der Waals surface area contributed by atoms with Gasteiger partial charge in [0.15, 0.2) is 0 Å². The minimum Gasteiger partial charge on any atom is -0.462 e. The highest BCUT2D eigenvalue weighted by Crippen LogP contribution is 2.13. The van der Waals surface area contributed by atoms with Gasteiger partial charge in [0.2, 0.25) is 0 Å². The number of ether oxygens (including phenoxy) is 1. The summed E-state index contributed by atoms with van der Waals surface area (Å²) in [5, 5.41) is 0. The molecule has 0 saturated heterocycles. The molecule has 0 fully saturated rings. The molecular weight excluding hydrogens is 256 g/mol. The lowest BCUT2D eigenvalue weighted by molar-refractivity contribution is 0.0447. The summed E-state index contributed by atoms with van der Waals surface area (Å²) in [6.45, 7) is 4.63. The molecule has 3 heteroatoms. The Hall–Kier alpha value is -0.830. The second-order valence-electron chi connectivity index (χ2n) is 3.62. The quantitative estimate of drug-likeness (QED) is 0.781. The summed E-state index contributed by atoms with van der Waals surface area (Å²) in [7, 11) is 0. The summed E-state index contributed by atoms with van der Waals surface area (Å²) in [6.07, 6.45) is 1.02. The topological polar surface area (TPSA) is 26.3 Å². The molecule has 0 aliphatic rings. The van der Waals surface area contributed by atoms with Crippen LogP contribution in [0.25, 0.3) is 0 Å². The van der Waals surface area contributed by atoms with E-state index in [1.165, 1.54) is 0 Å². The van der Waals surface area contributed by atoms with Gasteiger partial charge in [-0.25, -0.2) is 4.79 Å². The Morgan fingerprint density at radius 1 is 1.53 bits per heavy atom. The molecule has 15 heavy (non-hydrogen) atoms. The predicted octanol–water partition coefficient (Wildman–Crippen LogP) is 3.65. The average Bonchev–Trinajstić information content (AvgIpc) is 2.25. The maximum absolute atomic E-state index is 11.6. The highest BCUT2D eigenvalue weighted by Gasteiger charge is 2.08. The second-order valence-corrected chi connectivity index (χ2v) is 4.54. The molecule has 0 aliphatic carbocycles. The van der Waals surface area contributed by atoms with Crippen molar-refractivity contribution >= 4 is 21.9 Å². The van der Waals surface area contributed by atoms with Crippen molar-refractivity contribution in [3.05, 3.63) is 34.3 Å². The van der Waals surface area contributed by atoms with E-state index in [-0.39, 0.29) is 5.97 Å². The number of esters is 1. The molecule has 0 aliphatic heterocycles. The van der Waals surface area contributed by atoms with Crippen LogP contribution in [-0.4, -0.2) is 12.6 Å². The maximum Gasteiger partial charge on any atom is 0.338 e. The molecule has 0 aromatic heterocycles. The molecule has 0 radical (unpaired) electrons. The summed E-state index contributed by atoms with van der Waals surface area (Å²) >= 11 is 3.32. The molecule has 0 spiro atoms. The van der Waals surface area contributed by atoms with Crippen LogP contribution in [0.4, 0.5) is 0 Å². The zero-order valence-corrected chi connectivity index (χ0v) is 10.6. The fourth-order valence-electron chi connectivity index (χ4n) is 1.03. The van der Waals surface area contributed by atoms with Gasteiger partial charge in [0.1, 0.15) is 0 Å². The molecule has 0 heterocycles. The molecule has 1 rings (SSSR count). The number of hydrogen-bond acceptors (Lipinski definition) is 2. The van der Waals surface area contributed by atoms with Gasteiger partial charge in [-0.05, 0) is 24.1 Å². The van der Waals surface area contributed by atoms with E-state index in [1.54, 1.807) is 12.1 Å². The summed E-state index contributed by atoms with van der Waals surface area (Å²) in [5.74, 6) is 0.165. The van der Waals surface area contributed by atoms with Crippen molar-refractivity contribution in [2.24, 2.45) is 5.92 Å². The average molecular weight is 271 g/mol. The van der Waals surface area contributed by atoms with Crippen molar-refractivity contribution in [3.8, 4) is 0 Å². The Balaban J connectivity index is 2.54. The Morgan fingerprint density at radius 2 is 2.27 bits per heavy atom. The molecule has 0 amide bonds. The molecule has 2 nitrogen and oxygen atoms in total. The van der Waals surface area contributed by atoms with Gasteiger partial charge in [-0.15, -0.1) is 0 Å². The van der Waals surface area contributed by atoms with Crippen LogP contribution in [-0.2, 0) is 4.74 Å². The van der Waals surface area contributed by atoms with Gasteiger partial charge < -0.3 is 4.74 Å². The molecule has 1 atom stereocenters. The van der Waals surface area contributed by atoms with Crippen molar-refractivity contribution in [1.29, 1.82) is 0 Å². The van der Waals surface area contributed by atoms with Crippen molar-refractivity contribution < 1.29 is 9.53 Å². The lowest BCUT2D eigenvalue weighted by Gasteiger charge is -2.09. The van der Waals surface area contributed by atoms with E-state index in [9.17, 15) is 4.79 Å². The van der Waals surface area contributed by atoms with E-state index in [1.807, 2.05) is 12.1 Å². The highest BCUT2D eigenvalue weighted by molar-refractivity contribution is 9.10. The highest BCUT2D eigenvalue weighted by atomic mass is 79.9. The summed E-state index contributed by atoms with van der Waals surface area (Å²) in [5.41, 5.74) is 0.590. The van der Waals surface area contributed by atoms with Crippen LogP contribution in [0.3, 0.4) is 0 Å². The third-order valence-electron chi connectivity index (χ3n) is 2.26. The normalized spacial score (nSPS) is 12.2. The number of halogens is 1. The summed E-state index contributed by atoms with van der Waals surface area (Å²) in [4.78, 5) is 11.6. The number of hydrogen-bond donors (Lipinski definition) is 0. The van der Waals surface area contributed by atoms with Crippen molar-refractivity contribution in [2.75, 3.05) is 6.61 Å². The van der Waals surface area contributed by atoms with Crippen LogP contribution in [0.15, 0.2) is 28.7 Å². The smallest absolute Gasteiger partial charge is 0.338 e. The predicted molar refractivity (Wildman–Crippen MR) is 63.9 cm³/mol. The van der Waals surface area contributed by atoms with Crippen LogP contribution < -0.4 is 0 Å². The number of rotatable bonds is 4. The Labute approximate surface area is 98.8 Å². The van der Waals surface area contributed by atoms with Gasteiger partial charge >= 0.3 is 5.97 Å². The second kappa shape index (κ2) is 5.91. The molecule has 0 bridgehead atoms. The summed E-state index contributed by atoms with van der Waals surface area (Å²) in [6, 6.07) is 7.22. The van der Waals surface area contributed by atoms with E-state index in [0.717, 1.165) is 10.9 Å². The minimum atomic E-state index is -0.253. The van der Waals surface area contributed by atoms with Crippen molar-refractivity contribution in [1.82, 2.24) is 0 Å². The first kappa shape index (κ1) is 12.2. The molecule has 1 aromatic rings. The zero-order valence-electron chi connectivity index (χ0n) is 9.00. The molecule has 0 unspecified atom stereocenters. The lowest BCUT2D eigenvalue weighted by Crippen LogP contribution is -2.11. The molecule has 0 N–H and O–H groups in total. The third kappa shape index (κ3) is 4.04. The van der Waals surface area contributed by atoms with Gasteiger partial charge in [0.05, 0.1) is 12.2 Å². The third-order valence-corrected chi connectivity index (χ3v) is 2.75. The summed E-state index contributed by atoms with van der Waals surface area (Å²) < 4.78 is 6.07. The van der Waals surface area contributed by atoms with Gasteiger partial charge in [-0.1, -0.05) is 42.3 Å². The SMILES string of the molecule is CC[C@@H](C)COC(=O)c1cccc(Br)c1. The van der Waals surface area contributed by atoms with E-state index >= 15 is 0 Å². The van der Waals surface area contributed by atoms with Crippen molar-refractivity contribution in [2.45, 2.75) is 20.3 Å². The standard InChI is InChI=1S/C12H15BrO2/c1-3-9(2)8-15-12(14)10-5-4-6-11(13)7-10/h4-7,9H,3,8H2,1-2H3/t9-/m1/s1. The van der Waals surface area contributed by atoms with Crippen LogP contribution in [0.2, 0.25) is 0 Å². The molecule has 82 valence electrons. The first-order chi connectivity index (χ1) is 7.13. The maximum atomic E-state index is 11.6. The molecule has 1 aromatic carbocycles. The Morgan fingerprint density at radius 3 is 2.87 bits per heavy atom. The van der Waals surface area contributed by atoms with E-state index in [0.29, 0.717) is 18.1 Å². The van der Waals surface area contributed by atoms with E-state index in [2.05, 4.69) is 29.8 Å². The lowest BCUT2D eigenvalue weighted by atomic mass is 10.1. The van der Waals surface area contributed by atoms with Gasteiger partial charge in [0, 0.05) is 4.47 Å². The Bertz CT molecular complexity index is 336. The van der Waals surface area contributed by atoms with Gasteiger partial charge in [0.25, 0.3) is 0 Å². The van der Waals surface area contributed by atoms with Gasteiger partial charge in [-0.2, -0.15) is 0 Å². The number of carbonyl (C=O) groups excluding carboxylic acids is 1. The van der Waals surface area contributed by atoms with E-state index in [4.69, 9.17) is 4.74 Å². The Kier molecular flexibility index (Phi) is 4.82. The number of benzene rings is 1. The van der Waals surface area contributed by atoms with Crippen LogP contribution in [0.1, 0.15) is 30.6 Å². The van der Waals surface area contributed by atoms with E-state index < -0.39 is 0 Å². The van der Waals surface area contributed by atoms with Gasteiger partial charge in [-0.3, -0.25) is 0 Å². The molecular formula is C12H15BrO2. The van der Waals surface area contributed by atoms with Crippen LogP contribution in [0, 0.1) is 5.92 Å². The van der Waals surface area contributed by atoms with Crippen LogP contribution >= 0.6 is 15.9 Å². The minimum absolute atomic E-state index is 0.253. The fraction of sp³-hybridized carbons (Fsp3) is 0.417. The number of carbonyl (C=O) groups is 1. The first-order valence-electron chi connectivity index (χ1n) is 5.06. The van der Waals surface area contributed by atoms with Crippen molar-refractivity contribution in [3.63, 3.8) is 0 Å². The zero-order chi connectivity index (χ0) is 11.3. The van der Waals surface area contributed by atoms with Crippen LogP contribution in [0.5, 0.6) is 0 Å². The monoisotopic (exact) mass is 270 g/mol. The largest absolute Gasteiger partial charge is 0.462 e. The fourth-order valence-corrected chi connectivity index (χ4v) is 1.43. The first-order valence-corrected chi connectivity index (χ1v) is 5.85. The molecule has 0 saturated carbocycles.